The predicted molar refractivity (Wildman–Crippen MR) is 67.7 cm³/mol. The van der Waals surface area contributed by atoms with Gasteiger partial charge in [-0.3, -0.25) is 10.6 Å². The molecule has 0 bridgehead atoms. The van der Waals surface area contributed by atoms with Crippen molar-refractivity contribution in [3.63, 3.8) is 0 Å². The summed E-state index contributed by atoms with van der Waals surface area (Å²) in [5.41, 5.74) is 3.63. The van der Waals surface area contributed by atoms with Gasteiger partial charge in [-0.1, -0.05) is 12.1 Å². The number of hydrogen-bond acceptors (Lipinski definition) is 4. The molecule has 5 nitrogen and oxygen atoms in total. The van der Waals surface area contributed by atoms with Crippen molar-refractivity contribution in [3.05, 3.63) is 29.8 Å². The molecule has 17 heavy (non-hydrogen) atoms. The molecule has 0 saturated carbocycles. The molecule has 0 spiro atoms. The number of carbonyl (C=O) groups is 1. The first-order chi connectivity index (χ1) is 8.19. The van der Waals surface area contributed by atoms with Gasteiger partial charge in [-0.05, 0) is 26.0 Å². The molecule has 5 heteroatoms. The van der Waals surface area contributed by atoms with Crippen LogP contribution < -0.4 is 16.6 Å². The average Bonchev–Trinajstić information content (AvgIpc) is 2.36. The Morgan fingerprint density at radius 3 is 2.82 bits per heavy atom. The van der Waals surface area contributed by atoms with Crippen molar-refractivity contribution < 1.29 is 9.53 Å². The second-order valence-electron chi connectivity index (χ2n) is 3.67. The first-order valence-electron chi connectivity index (χ1n) is 5.64. The molecule has 1 unspecified atom stereocenters. The van der Waals surface area contributed by atoms with Crippen molar-refractivity contribution in [2.24, 2.45) is 5.84 Å². The Bertz CT molecular complexity index is 369. The molecule has 0 aliphatic rings. The van der Waals surface area contributed by atoms with E-state index in [9.17, 15) is 4.79 Å². The predicted octanol–water partition coefficient (Wildman–Crippen LogP) is 1.13. The van der Waals surface area contributed by atoms with Crippen LogP contribution in [0.25, 0.3) is 0 Å². The highest BCUT2D eigenvalue weighted by atomic mass is 16.5. The van der Waals surface area contributed by atoms with Gasteiger partial charge < -0.3 is 15.5 Å². The fourth-order valence-electron chi connectivity index (χ4n) is 1.48. The van der Waals surface area contributed by atoms with Crippen LogP contribution in [0.4, 0.5) is 5.69 Å². The Labute approximate surface area is 101 Å². The van der Waals surface area contributed by atoms with Crippen molar-refractivity contribution in [2.75, 3.05) is 18.6 Å². The second-order valence-corrected chi connectivity index (χ2v) is 3.67. The van der Waals surface area contributed by atoms with E-state index in [1.807, 2.05) is 19.9 Å². The standard InChI is InChI=1S/C12H19N3O2/c1-3-17-9(2)8-14-12(16)10-6-4-5-7-11(10)15-13/h4-7,9,15H,3,8,13H2,1-2H3,(H,14,16). The monoisotopic (exact) mass is 237 g/mol. The van der Waals surface area contributed by atoms with E-state index in [4.69, 9.17) is 10.6 Å². The van der Waals surface area contributed by atoms with E-state index in [1.54, 1.807) is 18.2 Å². The van der Waals surface area contributed by atoms with Gasteiger partial charge in [0.2, 0.25) is 0 Å². The van der Waals surface area contributed by atoms with Crippen molar-refractivity contribution in [2.45, 2.75) is 20.0 Å². The number of hydrogen-bond donors (Lipinski definition) is 3. The van der Waals surface area contributed by atoms with Crippen LogP contribution in [0.3, 0.4) is 0 Å². The average molecular weight is 237 g/mol. The zero-order valence-corrected chi connectivity index (χ0v) is 10.2. The smallest absolute Gasteiger partial charge is 0.253 e. The Kier molecular flexibility index (Phi) is 5.45. The van der Waals surface area contributed by atoms with Gasteiger partial charge in [0.05, 0.1) is 17.4 Å². The van der Waals surface area contributed by atoms with E-state index in [-0.39, 0.29) is 12.0 Å². The molecule has 94 valence electrons. The van der Waals surface area contributed by atoms with E-state index in [0.717, 1.165) is 0 Å². The molecule has 0 aliphatic carbocycles. The first kappa shape index (κ1) is 13.5. The van der Waals surface area contributed by atoms with Crippen molar-refractivity contribution in [1.82, 2.24) is 5.32 Å². The molecule has 0 aromatic heterocycles. The maximum Gasteiger partial charge on any atom is 0.253 e. The van der Waals surface area contributed by atoms with Crippen LogP contribution in [-0.2, 0) is 4.74 Å². The second kappa shape index (κ2) is 6.88. The lowest BCUT2D eigenvalue weighted by Crippen LogP contribution is -2.32. The summed E-state index contributed by atoms with van der Waals surface area (Å²) >= 11 is 0. The number of rotatable bonds is 6. The highest BCUT2D eigenvalue weighted by Crippen LogP contribution is 2.12. The lowest BCUT2D eigenvalue weighted by molar-refractivity contribution is 0.0695. The fraction of sp³-hybridized carbons (Fsp3) is 0.417. The zero-order chi connectivity index (χ0) is 12.7. The largest absolute Gasteiger partial charge is 0.377 e. The van der Waals surface area contributed by atoms with E-state index < -0.39 is 0 Å². The molecule has 0 fully saturated rings. The summed E-state index contributed by atoms with van der Waals surface area (Å²) in [6, 6.07) is 7.08. The molecule has 0 aliphatic heterocycles. The summed E-state index contributed by atoms with van der Waals surface area (Å²) in [4.78, 5) is 11.9. The first-order valence-corrected chi connectivity index (χ1v) is 5.64. The van der Waals surface area contributed by atoms with Gasteiger partial charge in [0.1, 0.15) is 0 Å². The number of hydrazine groups is 1. The summed E-state index contributed by atoms with van der Waals surface area (Å²) in [7, 11) is 0. The number of benzene rings is 1. The maximum absolute atomic E-state index is 11.9. The van der Waals surface area contributed by atoms with E-state index in [1.165, 1.54) is 0 Å². The quantitative estimate of drug-likeness (QED) is 0.512. The lowest BCUT2D eigenvalue weighted by Gasteiger charge is -2.13. The molecule has 4 N–H and O–H groups in total. The highest BCUT2D eigenvalue weighted by Gasteiger charge is 2.10. The van der Waals surface area contributed by atoms with Crippen molar-refractivity contribution in [3.8, 4) is 0 Å². The van der Waals surface area contributed by atoms with Crippen LogP contribution in [0.2, 0.25) is 0 Å². The molecule has 1 atom stereocenters. The number of carbonyl (C=O) groups excluding carboxylic acids is 1. The molecular weight excluding hydrogens is 218 g/mol. The third-order valence-electron chi connectivity index (χ3n) is 2.33. The Balaban J connectivity index is 2.58. The highest BCUT2D eigenvalue weighted by molar-refractivity contribution is 5.99. The molecular formula is C12H19N3O2. The van der Waals surface area contributed by atoms with Gasteiger partial charge in [-0.15, -0.1) is 0 Å². The summed E-state index contributed by atoms with van der Waals surface area (Å²) in [6.07, 6.45) is 0.00180. The number of para-hydroxylation sites is 1. The number of ether oxygens (including phenoxy) is 1. The molecule has 0 heterocycles. The van der Waals surface area contributed by atoms with Gasteiger partial charge in [0.25, 0.3) is 5.91 Å². The number of nitrogens with two attached hydrogens (primary N) is 1. The number of anilines is 1. The normalized spacial score (nSPS) is 11.9. The van der Waals surface area contributed by atoms with Gasteiger partial charge >= 0.3 is 0 Å². The molecule has 1 aromatic carbocycles. The lowest BCUT2D eigenvalue weighted by atomic mass is 10.1. The summed E-state index contributed by atoms with van der Waals surface area (Å²) < 4.78 is 5.33. The number of nitrogens with one attached hydrogen (secondary N) is 2. The van der Waals surface area contributed by atoms with Crippen LogP contribution in [0.1, 0.15) is 24.2 Å². The Hall–Kier alpha value is -1.59. The zero-order valence-electron chi connectivity index (χ0n) is 10.2. The minimum absolute atomic E-state index is 0.00180. The topological polar surface area (TPSA) is 76.4 Å². The summed E-state index contributed by atoms with van der Waals surface area (Å²) in [6.45, 7) is 4.95. The summed E-state index contributed by atoms with van der Waals surface area (Å²) in [5.74, 6) is 5.18. The van der Waals surface area contributed by atoms with Crippen molar-refractivity contribution >= 4 is 11.6 Å². The van der Waals surface area contributed by atoms with Crippen LogP contribution in [0.15, 0.2) is 24.3 Å². The SMILES string of the molecule is CCOC(C)CNC(=O)c1ccccc1NN. The Morgan fingerprint density at radius 2 is 2.18 bits per heavy atom. The van der Waals surface area contributed by atoms with Gasteiger partial charge in [-0.25, -0.2) is 0 Å². The van der Waals surface area contributed by atoms with Gasteiger partial charge in [-0.2, -0.15) is 0 Å². The minimum Gasteiger partial charge on any atom is -0.377 e. The van der Waals surface area contributed by atoms with E-state index in [2.05, 4.69) is 10.7 Å². The third-order valence-corrected chi connectivity index (χ3v) is 2.33. The molecule has 0 radical (unpaired) electrons. The summed E-state index contributed by atoms with van der Waals surface area (Å²) in [5, 5.41) is 2.80. The molecule has 1 rings (SSSR count). The van der Waals surface area contributed by atoms with Crippen molar-refractivity contribution in [1.29, 1.82) is 0 Å². The van der Waals surface area contributed by atoms with E-state index >= 15 is 0 Å². The van der Waals surface area contributed by atoms with Crippen LogP contribution in [0.5, 0.6) is 0 Å². The minimum atomic E-state index is -0.162. The van der Waals surface area contributed by atoms with E-state index in [0.29, 0.717) is 24.4 Å². The maximum atomic E-state index is 11.9. The number of amides is 1. The molecule has 1 aromatic rings. The van der Waals surface area contributed by atoms with Crippen LogP contribution in [-0.4, -0.2) is 25.2 Å². The van der Waals surface area contributed by atoms with Gasteiger partial charge in [0.15, 0.2) is 0 Å². The van der Waals surface area contributed by atoms with Crippen LogP contribution >= 0.6 is 0 Å². The van der Waals surface area contributed by atoms with Crippen LogP contribution in [0, 0.1) is 0 Å². The van der Waals surface area contributed by atoms with Gasteiger partial charge in [0, 0.05) is 13.2 Å². The fourth-order valence-corrected chi connectivity index (χ4v) is 1.48. The Morgan fingerprint density at radius 1 is 1.47 bits per heavy atom. The number of nitrogen functional groups attached to an aromatic ring is 1. The molecule has 1 amide bonds. The third kappa shape index (κ3) is 4.05. The molecule has 0 saturated heterocycles.